The number of hydrogen-bond acceptors (Lipinski definition) is 5. The zero-order valence-electron chi connectivity index (χ0n) is 12.5. The molecule has 1 atom stereocenters. The quantitative estimate of drug-likeness (QED) is 0.857. The Morgan fingerprint density at radius 1 is 1.30 bits per heavy atom. The van der Waals surface area contributed by atoms with Crippen LogP contribution < -0.4 is 15.0 Å². The van der Waals surface area contributed by atoms with Crippen LogP contribution in [0.25, 0.3) is 0 Å². The SMILES string of the molecule is O=COc1ccccc1N1CCCC1C(=O)Nc1cccnc1. The molecule has 0 saturated carbocycles. The number of rotatable bonds is 5. The van der Waals surface area contributed by atoms with Crippen molar-refractivity contribution in [3.8, 4) is 5.75 Å². The first-order valence-electron chi connectivity index (χ1n) is 7.46. The molecular weight excluding hydrogens is 294 g/mol. The number of nitrogens with zero attached hydrogens (tertiary/aromatic N) is 2. The number of carbonyl (C=O) groups excluding carboxylic acids is 2. The van der Waals surface area contributed by atoms with E-state index in [-0.39, 0.29) is 11.9 Å². The zero-order valence-corrected chi connectivity index (χ0v) is 12.5. The van der Waals surface area contributed by atoms with Crippen LogP contribution in [0.1, 0.15) is 12.8 Å². The van der Waals surface area contributed by atoms with Crippen LogP contribution in [0.5, 0.6) is 5.75 Å². The Morgan fingerprint density at radius 2 is 2.17 bits per heavy atom. The first-order chi connectivity index (χ1) is 11.3. The maximum absolute atomic E-state index is 12.6. The number of anilines is 2. The Bertz CT molecular complexity index is 690. The highest BCUT2D eigenvalue weighted by atomic mass is 16.5. The molecule has 0 radical (unpaired) electrons. The lowest BCUT2D eigenvalue weighted by Gasteiger charge is -2.27. The van der Waals surface area contributed by atoms with Gasteiger partial charge in [-0.2, -0.15) is 0 Å². The molecule has 0 aliphatic carbocycles. The van der Waals surface area contributed by atoms with Gasteiger partial charge in [-0.1, -0.05) is 12.1 Å². The van der Waals surface area contributed by atoms with E-state index >= 15 is 0 Å². The van der Waals surface area contributed by atoms with E-state index in [0.29, 0.717) is 17.9 Å². The molecule has 1 amide bonds. The standard InChI is InChI=1S/C17H17N3O3/c21-12-23-16-8-2-1-6-14(16)20-10-4-7-15(20)17(22)19-13-5-3-9-18-11-13/h1-3,5-6,8-9,11-12,15H,4,7,10H2,(H,19,22). The van der Waals surface area contributed by atoms with Crippen LogP contribution in [0.4, 0.5) is 11.4 Å². The molecule has 1 saturated heterocycles. The smallest absolute Gasteiger partial charge is 0.298 e. The predicted octanol–water partition coefficient (Wildman–Crippen LogP) is 2.22. The van der Waals surface area contributed by atoms with Gasteiger partial charge in [0, 0.05) is 12.7 Å². The summed E-state index contributed by atoms with van der Waals surface area (Å²) in [7, 11) is 0. The summed E-state index contributed by atoms with van der Waals surface area (Å²) in [4.78, 5) is 29.2. The maximum Gasteiger partial charge on any atom is 0.298 e. The van der Waals surface area contributed by atoms with Crippen molar-refractivity contribution in [1.82, 2.24) is 4.98 Å². The third kappa shape index (κ3) is 3.31. The predicted molar refractivity (Wildman–Crippen MR) is 86.4 cm³/mol. The summed E-state index contributed by atoms with van der Waals surface area (Å²) in [5.41, 5.74) is 1.42. The van der Waals surface area contributed by atoms with Gasteiger partial charge in [0.25, 0.3) is 6.47 Å². The molecule has 2 aromatic rings. The fourth-order valence-electron chi connectivity index (χ4n) is 2.84. The number of nitrogens with one attached hydrogen (secondary N) is 1. The van der Waals surface area contributed by atoms with E-state index in [1.54, 1.807) is 36.7 Å². The van der Waals surface area contributed by atoms with E-state index < -0.39 is 0 Å². The van der Waals surface area contributed by atoms with Crippen molar-refractivity contribution in [2.75, 3.05) is 16.8 Å². The molecular formula is C17H17N3O3. The first-order valence-corrected chi connectivity index (χ1v) is 7.46. The van der Waals surface area contributed by atoms with Crippen LogP contribution in [0.3, 0.4) is 0 Å². The lowest BCUT2D eigenvalue weighted by Crippen LogP contribution is -2.39. The second kappa shape index (κ2) is 6.91. The fourth-order valence-corrected chi connectivity index (χ4v) is 2.84. The first kappa shape index (κ1) is 15.0. The zero-order chi connectivity index (χ0) is 16.1. The number of ether oxygens (including phenoxy) is 1. The molecule has 1 aliphatic heterocycles. The molecule has 23 heavy (non-hydrogen) atoms. The molecule has 1 N–H and O–H groups in total. The minimum absolute atomic E-state index is 0.0867. The topological polar surface area (TPSA) is 71.5 Å². The highest BCUT2D eigenvalue weighted by molar-refractivity contribution is 5.97. The van der Waals surface area contributed by atoms with E-state index in [9.17, 15) is 9.59 Å². The summed E-state index contributed by atoms with van der Waals surface area (Å²) < 4.78 is 5.03. The number of pyridine rings is 1. The Labute approximate surface area is 134 Å². The lowest BCUT2D eigenvalue weighted by molar-refractivity contribution is -0.120. The summed E-state index contributed by atoms with van der Waals surface area (Å²) in [5.74, 6) is 0.375. The summed E-state index contributed by atoms with van der Waals surface area (Å²) >= 11 is 0. The minimum atomic E-state index is -0.299. The molecule has 2 heterocycles. The van der Waals surface area contributed by atoms with Crippen LogP contribution in [-0.4, -0.2) is 29.9 Å². The van der Waals surface area contributed by atoms with E-state index in [4.69, 9.17) is 4.74 Å². The van der Waals surface area contributed by atoms with Crippen molar-refractivity contribution in [2.45, 2.75) is 18.9 Å². The maximum atomic E-state index is 12.6. The molecule has 3 rings (SSSR count). The van der Waals surface area contributed by atoms with Gasteiger partial charge in [0.15, 0.2) is 5.75 Å². The third-order valence-electron chi connectivity index (χ3n) is 3.83. The van der Waals surface area contributed by atoms with Gasteiger partial charge in [-0.3, -0.25) is 14.6 Å². The van der Waals surface area contributed by atoms with Crippen LogP contribution >= 0.6 is 0 Å². The second-order valence-corrected chi connectivity index (χ2v) is 5.26. The van der Waals surface area contributed by atoms with Gasteiger partial charge in [0.1, 0.15) is 6.04 Å². The van der Waals surface area contributed by atoms with E-state index in [1.807, 2.05) is 17.0 Å². The molecule has 0 spiro atoms. The Hall–Kier alpha value is -2.89. The van der Waals surface area contributed by atoms with Crippen molar-refractivity contribution < 1.29 is 14.3 Å². The second-order valence-electron chi connectivity index (χ2n) is 5.26. The summed E-state index contributed by atoms with van der Waals surface area (Å²) in [6.45, 7) is 1.14. The third-order valence-corrected chi connectivity index (χ3v) is 3.83. The largest absolute Gasteiger partial charge is 0.427 e. The van der Waals surface area contributed by atoms with Crippen LogP contribution in [0, 0.1) is 0 Å². The highest BCUT2D eigenvalue weighted by Gasteiger charge is 2.32. The number of hydrogen-bond donors (Lipinski definition) is 1. The Kier molecular flexibility index (Phi) is 4.52. The molecule has 1 fully saturated rings. The van der Waals surface area contributed by atoms with Crippen LogP contribution in [0.15, 0.2) is 48.8 Å². The van der Waals surface area contributed by atoms with E-state index in [2.05, 4.69) is 10.3 Å². The van der Waals surface area contributed by atoms with Gasteiger partial charge in [0.2, 0.25) is 5.91 Å². The number of amides is 1. The number of para-hydroxylation sites is 2. The van der Waals surface area contributed by atoms with Crippen molar-refractivity contribution in [1.29, 1.82) is 0 Å². The van der Waals surface area contributed by atoms with Gasteiger partial charge in [0.05, 0.1) is 17.6 Å². The fraction of sp³-hybridized carbons (Fsp3) is 0.235. The molecule has 1 unspecified atom stereocenters. The van der Waals surface area contributed by atoms with E-state index in [0.717, 1.165) is 25.1 Å². The van der Waals surface area contributed by atoms with Crippen molar-refractivity contribution in [3.05, 3.63) is 48.8 Å². The normalized spacial score (nSPS) is 16.9. The number of benzene rings is 1. The number of aromatic nitrogens is 1. The Morgan fingerprint density at radius 3 is 2.96 bits per heavy atom. The summed E-state index contributed by atoms with van der Waals surface area (Å²) in [6, 6.07) is 10.5. The minimum Gasteiger partial charge on any atom is -0.427 e. The summed E-state index contributed by atoms with van der Waals surface area (Å²) in [5, 5.41) is 2.88. The van der Waals surface area contributed by atoms with E-state index in [1.165, 1.54) is 0 Å². The average molecular weight is 311 g/mol. The molecule has 118 valence electrons. The van der Waals surface area contributed by atoms with Crippen molar-refractivity contribution in [2.24, 2.45) is 0 Å². The van der Waals surface area contributed by atoms with Gasteiger partial charge in [-0.05, 0) is 37.1 Å². The molecule has 1 aliphatic rings. The molecule has 0 bridgehead atoms. The number of carbonyl (C=O) groups is 2. The van der Waals surface area contributed by atoms with Gasteiger partial charge < -0.3 is 15.0 Å². The average Bonchev–Trinajstić information content (AvgIpc) is 3.06. The van der Waals surface area contributed by atoms with Gasteiger partial charge in [-0.15, -0.1) is 0 Å². The van der Waals surface area contributed by atoms with Gasteiger partial charge in [-0.25, -0.2) is 0 Å². The van der Waals surface area contributed by atoms with Crippen LogP contribution in [0.2, 0.25) is 0 Å². The van der Waals surface area contributed by atoms with Gasteiger partial charge >= 0.3 is 0 Å². The highest BCUT2D eigenvalue weighted by Crippen LogP contribution is 2.33. The lowest BCUT2D eigenvalue weighted by atomic mass is 10.2. The summed E-state index contributed by atoms with van der Waals surface area (Å²) in [6.07, 6.45) is 4.92. The molecule has 1 aromatic carbocycles. The molecule has 1 aromatic heterocycles. The van der Waals surface area contributed by atoms with Crippen molar-refractivity contribution in [3.63, 3.8) is 0 Å². The molecule has 6 nitrogen and oxygen atoms in total. The molecule has 6 heteroatoms. The van der Waals surface area contributed by atoms with Crippen molar-refractivity contribution >= 4 is 23.8 Å². The monoisotopic (exact) mass is 311 g/mol. The van der Waals surface area contributed by atoms with Crippen LogP contribution in [-0.2, 0) is 9.59 Å². The Balaban J connectivity index is 1.80.